The molecule has 1 unspecified atom stereocenters. The molecule has 4 rings (SSSR count). The number of benzene rings is 3. The van der Waals surface area contributed by atoms with Crippen molar-refractivity contribution >= 4 is 0 Å². The summed E-state index contributed by atoms with van der Waals surface area (Å²) >= 11 is 0. The lowest BCUT2D eigenvalue weighted by Gasteiger charge is -2.44. The number of aryl methyl sites for hydroxylation is 1. The van der Waals surface area contributed by atoms with Crippen LogP contribution in [-0.2, 0) is 12.0 Å². The van der Waals surface area contributed by atoms with Gasteiger partial charge in [0.15, 0.2) is 0 Å². The summed E-state index contributed by atoms with van der Waals surface area (Å²) in [6.07, 6.45) is 3.13. The van der Waals surface area contributed by atoms with Gasteiger partial charge in [-0.3, -0.25) is 0 Å². The molecular weight excluding hydrogens is 384 g/mol. The third-order valence-corrected chi connectivity index (χ3v) is 5.08. The molecule has 1 heterocycles. The summed E-state index contributed by atoms with van der Waals surface area (Å²) in [5.41, 5.74) is 3.13. The van der Waals surface area contributed by atoms with Gasteiger partial charge >= 0.3 is 0 Å². The Hall–Kier alpha value is -2.76. The maximum absolute atomic E-state index is 13.0. The number of aromatic hydroxyl groups is 1. The van der Waals surface area contributed by atoms with Crippen molar-refractivity contribution in [3.05, 3.63) is 101 Å². The molecule has 1 aliphatic heterocycles. The third kappa shape index (κ3) is 5.88. The zero-order chi connectivity index (χ0) is 22.0. The van der Waals surface area contributed by atoms with E-state index in [0.717, 1.165) is 44.0 Å². The first-order valence-corrected chi connectivity index (χ1v) is 10.0. The van der Waals surface area contributed by atoms with Crippen LogP contribution in [0.25, 0.3) is 0 Å². The van der Waals surface area contributed by atoms with Gasteiger partial charge in [0.05, 0.1) is 5.54 Å². The summed E-state index contributed by atoms with van der Waals surface area (Å²) in [4.78, 5) is 0. The molecule has 3 aromatic carbocycles. The van der Waals surface area contributed by atoms with Crippen molar-refractivity contribution in [2.75, 3.05) is 13.7 Å². The van der Waals surface area contributed by atoms with Gasteiger partial charge in [0.1, 0.15) is 17.4 Å². The number of nitrogens with one attached hydrogen (secondary N) is 1. The van der Waals surface area contributed by atoms with E-state index in [1.54, 1.807) is 12.1 Å². The van der Waals surface area contributed by atoms with Crippen LogP contribution in [0, 0.1) is 11.6 Å². The van der Waals surface area contributed by atoms with Crippen molar-refractivity contribution < 1.29 is 19.0 Å². The monoisotopic (exact) mass is 413 g/mol. The molecule has 1 fully saturated rings. The molecule has 3 N–H and O–H groups in total. The molecule has 0 aromatic heterocycles. The van der Waals surface area contributed by atoms with Gasteiger partial charge in [-0.05, 0) is 72.5 Å². The first-order chi connectivity index (χ1) is 14.5. The Balaban J connectivity index is 0.000000228. The van der Waals surface area contributed by atoms with Crippen molar-refractivity contribution in [1.82, 2.24) is 5.32 Å². The molecule has 0 aliphatic carbocycles. The lowest BCUT2D eigenvalue weighted by molar-refractivity contribution is 0.265. The predicted octanol–water partition coefficient (Wildman–Crippen LogP) is 5.15. The summed E-state index contributed by atoms with van der Waals surface area (Å²) in [7, 11) is 1.00. The number of aliphatic hydroxyl groups excluding tert-OH is 1. The molecule has 0 spiro atoms. The first-order valence-electron chi connectivity index (χ1n) is 10.0. The molecule has 0 bridgehead atoms. The predicted molar refractivity (Wildman–Crippen MR) is 116 cm³/mol. The SMILES string of the molecule is CCCc1ccc(F)cc1.CO.Oc1ccc(C2(c3ccc(F)cc3)CCN2)cc1. The van der Waals surface area contributed by atoms with E-state index >= 15 is 0 Å². The summed E-state index contributed by atoms with van der Waals surface area (Å²) in [6, 6.07) is 20.4. The van der Waals surface area contributed by atoms with Crippen LogP contribution < -0.4 is 5.32 Å². The summed E-state index contributed by atoms with van der Waals surface area (Å²) in [5.74, 6) is -0.119. The van der Waals surface area contributed by atoms with Crippen molar-refractivity contribution in [2.45, 2.75) is 31.7 Å². The van der Waals surface area contributed by atoms with Crippen molar-refractivity contribution in [3.8, 4) is 5.75 Å². The zero-order valence-electron chi connectivity index (χ0n) is 17.4. The summed E-state index contributed by atoms with van der Waals surface area (Å²) in [5, 5.41) is 19.8. The number of rotatable bonds is 4. The van der Waals surface area contributed by atoms with Gasteiger partial charge < -0.3 is 15.5 Å². The van der Waals surface area contributed by atoms with E-state index in [1.807, 2.05) is 36.4 Å². The van der Waals surface area contributed by atoms with Crippen LogP contribution in [0.2, 0.25) is 0 Å². The molecule has 3 nitrogen and oxygen atoms in total. The second kappa shape index (κ2) is 11.4. The largest absolute Gasteiger partial charge is 0.508 e. The maximum atomic E-state index is 13.0. The Bertz CT molecular complexity index is 827. The third-order valence-electron chi connectivity index (χ3n) is 5.08. The van der Waals surface area contributed by atoms with E-state index in [9.17, 15) is 13.9 Å². The molecule has 1 atom stereocenters. The molecule has 0 amide bonds. The highest BCUT2D eigenvalue weighted by Crippen LogP contribution is 2.38. The Morgan fingerprint density at radius 3 is 1.63 bits per heavy atom. The highest BCUT2D eigenvalue weighted by Gasteiger charge is 2.39. The first kappa shape index (κ1) is 23.5. The highest BCUT2D eigenvalue weighted by atomic mass is 19.1. The van der Waals surface area contributed by atoms with Crippen LogP contribution in [-0.4, -0.2) is 23.9 Å². The van der Waals surface area contributed by atoms with Gasteiger partial charge in [0.2, 0.25) is 0 Å². The number of halogens is 2. The highest BCUT2D eigenvalue weighted by molar-refractivity contribution is 5.42. The quantitative estimate of drug-likeness (QED) is 0.554. The second-order valence-electron chi connectivity index (χ2n) is 7.01. The number of hydrogen-bond acceptors (Lipinski definition) is 3. The van der Waals surface area contributed by atoms with Crippen LogP contribution in [0.1, 0.15) is 36.5 Å². The standard InChI is InChI=1S/C15H14FNO.C9H11F.CH4O/c16-13-5-1-11(2-6-13)15(9-10-17-15)12-3-7-14(18)8-4-12;1-2-3-8-4-6-9(10)7-5-8;1-2/h1-8,17-18H,9-10H2;4-7H,2-3H2,1H3;2H,1H3. The lowest BCUT2D eigenvalue weighted by atomic mass is 9.75. The fourth-order valence-corrected chi connectivity index (χ4v) is 3.45. The molecule has 3 aromatic rings. The van der Waals surface area contributed by atoms with Crippen molar-refractivity contribution in [1.29, 1.82) is 0 Å². The van der Waals surface area contributed by atoms with E-state index < -0.39 is 0 Å². The molecule has 30 heavy (non-hydrogen) atoms. The zero-order valence-corrected chi connectivity index (χ0v) is 17.4. The van der Waals surface area contributed by atoms with Crippen molar-refractivity contribution in [2.24, 2.45) is 0 Å². The molecule has 0 radical (unpaired) electrons. The van der Waals surface area contributed by atoms with E-state index in [0.29, 0.717) is 0 Å². The molecule has 1 aliphatic rings. The molecule has 0 saturated carbocycles. The second-order valence-corrected chi connectivity index (χ2v) is 7.01. The Morgan fingerprint density at radius 2 is 1.23 bits per heavy atom. The minimum absolute atomic E-state index is 0.153. The fraction of sp³-hybridized carbons (Fsp3) is 0.280. The lowest BCUT2D eigenvalue weighted by Crippen LogP contribution is -2.54. The summed E-state index contributed by atoms with van der Waals surface area (Å²) < 4.78 is 25.3. The Labute approximate surface area is 177 Å². The minimum atomic E-state index is -0.235. The van der Waals surface area contributed by atoms with Crippen LogP contribution >= 0.6 is 0 Å². The summed E-state index contributed by atoms with van der Waals surface area (Å²) in [6.45, 7) is 3.06. The van der Waals surface area contributed by atoms with Crippen LogP contribution in [0.4, 0.5) is 8.78 Å². The molecular formula is C25H29F2NO2. The van der Waals surface area contributed by atoms with E-state index in [1.165, 1.54) is 29.8 Å². The smallest absolute Gasteiger partial charge is 0.123 e. The van der Waals surface area contributed by atoms with E-state index in [4.69, 9.17) is 5.11 Å². The van der Waals surface area contributed by atoms with Gasteiger partial charge in [-0.25, -0.2) is 8.78 Å². The van der Waals surface area contributed by atoms with E-state index in [2.05, 4.69) is 12.2 Å². The van der Waals surface area contributed by atoms with Crippen LogP contribution in [0.5, 0.6) is 5.75 Å². The van der Waals surface area contributed by atoms with Gasteiger partial charge in [-0.1, -0.05) is 49.7 Å². The number of phenolic OH excluding ortho intramolecular Hbond substituents is 1. The van der Waals surface area contributed by atoms with Crippen LogP contribution in [0.15, 0.2) is 72.8 Å². The average molecular weight is 414 g/mol. The minimum Gasteiger partial charge on any atom is -0.508 e. The molecule has 1 saturated heterocycles. The number of phenols is 1. The van der Waals surface area contributed by atoms with E-state index in [-0.39, 0.29) is 22.9 Å². The molecule has 5 heteroatoms. The van der Waals surface area contributed by atoms with Gasteiger partial charge in [-0.15, -0.1) is 0 Å². The number of aliphatic hydroxyl groups is 1. The topological polar surface area (TPSA) is 52.5 Å². The van der Waals surface area contributed by atoms with Gasteiger partial charge in [-0.2, -0.15) is 0 Å². The van der Waals surface area contributed by atoms with Gasteiger partial charge in [0, 0.05) is 7.11 Å². The van der Waals surface area contributed by atoms with Crippen molar-refractivity contribution in [3.63, 3.8) is 0 Å². The maximum Gasteiger partial charge on any atom is 0.123 e. The Morgan fingerprint density at radius 1 is 0.800 bits per heavy atom. The number of hydrogen-bond donors (Lipinski definition) is 3. The normalized spacial score (nSPS) is 17.0. The Kier molecular flexibility index (Phi) is 8.96. The fourth-order valence-electron chi connectivity index (χ4n) is 3.45. The van der Waals surface area contributed by atoms with Crippen LogP contribution in [0.3, 0.4) is 0 Å². The average Bonchev–Trinajstić information content (AvgIpc) is 2.74. The molecule has 160 valence electrons. The van der Waals surface area contributed by atoms with Gasteiger partial charge in [0.25, 0.3) is 0 Å².